The van der Waals surface area contributed by atoms with E-state index >= 15 is 0 Å². The molecule has 2 amide bonds. The summed E-state index contributed by atoms with van der Waals surface area (Å²) in [5.74, 6) is -0.782. The van der Waals surface area contributed by atoms with Gasteiger partial charge in [0.05, 0.1) is 15.8 Å². The van der Waals surface area contributed by atoms with Gasteiger partial charge in [-0.3, -0.25) is 9.59 Å². The number of hydrogen-bond donors (Lipinski definition) is 2. The number of hydrogen-bond acceptors (Lipinski definition) is 5. The minimum Gasteiger partial charge on any atom is -0.482 e. The van der Waals surface area contributed by atoms with Crippen molar-refractivity contribution in [2.24, 2.45) is 0 Å². The minimum absolute atomic E-state index is 0.00381. The van der Waals surface area contributed by atoms with E-state index in [1.54, 1.807) is 12.1 Å². The molecule has 1 aliphatic rings. The van der Waals surface area contributed by atoms with Gasteiger partial charge >= 0.3 is 0 Å². The molecule has 0 unspecified atom stereocenters. The van der Waals surface area contributed by atoms with Crippen LogP contribution in [0, 0.1) is 5.82 Å². The molecule has 0 aliphatic carbocycles. The topological polar surface area (TPSA) is 102 Å². The third kappa shape index (κ3) is 4.48. The summed E-state index contributed by atoms with van der Waals surface area (Å²) in [6, 6.07) is 9.84. The molecule has 2 N–H and O–H groups in total. The number of anilines is 1. The Kier molecular flexibility index (Phi) is 5.64. The van der Waals surface area contributed by atoms with Crippen LogP contribution in [0.3, 0.4) is 0 Å². The van der Waals surface area contributed by atoms with Gasteiger partial charge in [0.2, 0.25) is 5.91 Å². The lowest BCUT2D eigenvalue weighted by Gasteiger charge is -2.19. The van der Waals surface area contributed by atoms with Crippen molar-refractivity contribution >= 4 is 27.3 Å². The van der Waals surface area contributed by atoms with E-state index in [0.717, 1.165) is 0 Å². The third-order valence-corrected chi connectivity index (χ3v) is 6.46. The van der Waals surface area contributed by atoms with Crippen molar-refractivity contribution < 1.29 is 27.1 Å². The Balaban J connectivity index is 1.64. The van der Waals surface area contributed by atoms with Crippen molar-refractivity contribution in [3.8, 4) is 5.75 Å². The Morgan fingerprint density at radius 2 is 1.96 bits per heavy atom. The van der Waals surface area contributed by atoms with Crippen molar-refractivity contribution in [3.63, 3.8) is 0 Å². The maximum atomic E-state index is 12.9. The third-order valence-electron chi connectivity index (χ3n) is 4.32. The number of nitrogens with one attached hydrogen (secondary N) is 2. The van der Waals surface area contributed by atoms with Gasteiger partial charge in [0, 0.05) is 13.0 Å². The number of benzene rings is 2. The number of halogens is 1. The molecule has 0 bridgehead atoms. The predicted molar refractivity (Wildman–Crippen MR) is 100 cm³/mol. The molecule has 3 rings (SSSR count). The van der Waals surface area contributed by atoms with E-state index in [1.165, 1.54) is 37.3 Å². The van der Waals surface area contributed by atoms with Gasteiger partial charge < -0.3 is 15.4 Å². The number of carbonyl (C=O) groups excluding carboxylic acids is 2. The fraction of sp³-hybridized carbons (Fsp3) is 0.263. The van der Waals surface area contributed by atoms with Gasteiger partial charge in [-0.15, -0.1) is 0 Å². The summed E-state index contributed by atoms with van der Waals surface area (Å²) in [6.07, 6.45) is -0.233. The van der Waals surface area contributed by atoms with Crippen molar-refractivity contribution in [2.75, 3.05) is 11.9 Å². The Hall–Kier alpha value is -2.94. The summed E-state index contributed by atoms with van der Waals surface area (Å²) >= 11 is 0. The SMILES string of the molecule is C[C@@H](CC(=O)NCc1ccc(F)cc1)S(=O)(=O)c1ccc2c(c1)NC(=O)CO2. The maximum absolute atomic E-state index is 12.9. The highest BCUT2D eigenvalue weighted by Crippen LogP contribution is 2.31. The van der Waals surface area contributed by atoms with Gasteiger partial charge in [-0.25, -0.2) is 12.8 Å². The molecular formula is C19H19FN2O5S. The smallest absolute Gasteiger partial charge is 0.262 e. The summed E-state index contributed by atoms with van der Waals surface area (Å²) in [4.78, 5) is 23.5. The summed E-state index contributed by atoms with van der Waals surface area (Å²) in [6.45, 7) is 1.50. The summed E-state index contributed by atoms with van der Waals surface area (Å²) < 4.78 is 43.7. The van der Waals surface area contributed by atoms with Crippen LogP contribution in [0.2, 0.25) is 0 Å². The normalized spacial score (nSPS) is 14.4. The fourth-order valence-electron chi connectivity index (χ4n) is 2.72. The molecule has 1 heterocycles. The van der Waals surface area contributed by atoms with Crippen LogP contribution in [-0.4, -0.2) is 32.1 Å². The van der Waals surface area contributed by atoms with Crippen molar-refractivity contribution in [1.82, 2.24) is 5.32 Å². The van der Waals surface area contributed by atoms with E-state index in [0.29, 0.717) is 11.3 Å². The first kappa shape index (κ1) is 19.8. The molecule has 0 spiro atoms. The second-order valence-electron chi connectivity index (χ2n) is 6.46. The zero-order valence-corrected chi connectivity index (χ0v) is 15.9. The molecule has 1 aliphatic heterocycles. The van der Waals surface area contributed by atoms with Gasteiger partial charge in [-0.2, -0.15) is 0 Å². The summed E-state index contributed by atoms with van der Waals surface area (Å²) in [5, 5.41) is 4.21. The maximum Gasteiger partial charge on any atom is 0.262 e. The van der Waals surface area contributed by atoms with Crippen LogP contribution >= 0.6 is 0 Å². The molecule has 0 saturated carbocycles. The van der Waals surface area contributed by atoms with E-state index < -0.39 is 21.0 Å². The predicted octanol–water partition coefficient (Wildman–Crippen LogP) is 2.03. The molecule has 9 heteroatoms. The van der Waals surface area contributed by atoms with E-state index in [1.807, 2.05) is 0 Å². The van der Waals surface area contributed by atoms with Crippen molar-refractivity contribution in [2.45, 2.75) is 30.0 Å². The van der Waals surface area contributed by atoms with Crippen LogP contribution in [0.15, 0.2) is 47.4 Å². The Labute approximate surface area is 161 Å². The van der Waals surface area contributed by atoms with Gasteiger partial charge in [-0.1, -0.05) is 12.1 Å². The lowest BCUT2D eigenvalue weighted by molar-refractivity contribution is -0.121. The zero-order valence-electron chi connectivity index (χ0n) is 15.1. The minimum atomic E-state index is -3.79. The van der Waals surface area contributed by atoms with Crippen LogP contribution in [0.25, 0.3) is 0 Å². The molecule has 7 nitrogen and oxygen atoms in total. The number of rotatable bonds is 6. The molecule has 0 radical (unpaired) electrons. The first-order valence-electron chi connectivity index (χ1n) is 8.57. The number of ether oxygens (including phenoxy) is 1. The molecule has 28 heavy (non-hydrogen) atoms. The number of sulfone groups is 1. The van der Waals surface area contributed by atoms with E-state index in [4.69, 9.17) is 4.74 Å². The Bertz CT molecular complexity index is 1010. The summed E-state index contributed by atoms with van der Waals surface area (Å²) in [5.41, 5.74) is 0.987. The highest BCUT2D eigenvalue weighted by molar-refractivity contribution is 7.92. The van der Waals surface area contributed by atoms with E-state index in [-0.39, 0.29) is 41.9 Å². The first-order valence-corrected chi connectivity index (χ1v) is 10.1. The zero-order chi connectivity index (χ0) is 20.3. The van der Waals surface area contributed by atoms with Crippen molar-refractivity contribution in [1.29, 1.82) is 0 Å². The van der Waals surface area contributed by atoms with E-state index in [9.17, 15) is 22.4 Å². The van der Waals surface area contributed by atoms with Gasteiger partial charge in [0.25, 0.3) is 5.91 Å². The van der Waals surface area contributed by atoms with Crippen LogP contribution in [0.1, 0.15) is 18.9 Å². The molecular weight excluding hydrogens is 387 g/mol. The first-order chi connectivity index (χ1) is 13.3. The second kappa shape index (κ2) is 7.97. The Morgan fingerprint density at radius 3 is 2.68 bits per heavy atom. The lowest BCUT2D eigenvalue weighted by Crippen LogP contribution is -2.30. The molecule has 0 saturated heterocycles. The monoisotopic (exact) mass is 406 g/mol. The number of fused-ring (bicyclic) bond motifs is 1. The van der Waals surface area contributed by atoms with Crippen LogP contribution in [0.4, 0.5) is 10.1 Å². The molecule has 0 fully saturated rings. The molecule has 148 valence electrons. The standard InChI is InChI=1S/C19H19FN2O5S/c1-12(8-18(23)21-10-13-2-4-14(20)5-3-13)28(25,26)15-6-7-17-16(9-15)22-19(24)11-27-17/h2-7,9,12H,8,10-11H2,1H3,(H,21,23)(H,22,24)/t12-/m0/s1. The largest absolute Gasteiger partial charge is 0.482 e. The molecule has 1 atom stereocenters. The van der Waals surface area contributed by atoms with Gasteiger partial charge in [0.1, 0.15) is 11.6 Å². The van der Waals surface area contributed by atoms with Crippen LogP contribution in [0.5, 0.6) is 5.75 Å². The Morgan fingerprint density at radius 1 is 1.25 bits per heavy atom. The molecule has 2 aromatic carbocycles. The van der Waals surface area contributed by atoms with Gasteiger partial charge in [-0.05, 0) is 42.8 Å². The highest BCUT2D eigenvalue weighted by atomic mass is 32.2. The van der Waals surface area contributed by atoms with Gasteiger partial charge in [0.15, 0.2) is 16.4 Å². The summed E-state index contributed by atoms with van der Waals surface area (Å²) in [7, 11) is -3.79. The molecule has 0 aromatic heterocycles. The highest BCUT2D eigenvalue weighted by Gasteiger charge is 2.27. The van der Waals surface area contributed by atoms with Crippen molar-refractivity contribution in [3.05, 3.63) is 53.8 Å². The fourth-order valence-corrected chi connectivity index (χ4v) is 4.09. The number of amides is 2. The quantitative estimate of drug-likeness (QED) is 0.764. The van der Waals surface area contributed by atoms with Crippen LogP contribution < -0.4 is 15.4 Å². The van der Waals surface area contributed by atoms with E-state index in [2.05, 4.69) is 10.6 Å². The molecule has 2 aromatic rings. The second-order valence-corrected chi connectivity index (χ2v) is 8.82. The lowest BCUT2D eigenvalue weighted by atomic mass is 10.2. The van der Waals surface area contributed by atoms with Crippen LogP contribution in [-0.2, 0) is 26.0 Å². The number of carbonyl (C=O) groups is 2. The average Bonchev–Trinajstić information content (AvgIpc) is 2.66. The average molecular weight is 406 g/mol.